The van der Waals surface area contributed by atoms with Gasteiger partial charge in [-0.3, -0.25) is 0 Å². The van der Waals surface area contributed by atoms with Gasteiger partial charge < -0.3 is 4.74 Å². The standard InChI is InChI=1S/C12H12Cl2N2O/c1-8(2)16-12(14)11(7-15-16)17-10-6-4-3-5-9(10)13/h3-8H,1-2H3. The van der Waals surface area contributed by atoms with Crippen molar-refractivity contribution >= 4 is 23.2 Å². The molecule has 17 heavy (non-hydrogen) atoms. The molecule has 1 heterocycles. The van der Waals surface area contributed by atoms with Gasteiger partial charge in [0.15, 0.2) is 10.9 Å². The van der Waals surface area contributed by atoms with Gasteiger partial charge in [0.05, 0.1) is 11.2 Å². The highest BCUT2D eigenvalue weighted by Crippen LogP contribution is 2.33. The number of rotatable bonds is 3. The molecule has 0 aliphatic rings. The van der Waals surface area contributed by atoms with Gasteiger partial charge in [-0.25, -0.2) is 4.68 Å². The quantitative estimate of drug-likeness (QED) is 0.818. The molecule has 90 valence electrons. The topological polar surface area (TPSA) is 27.1 Å². The molecule has 0 atom stereocenters. The maximum absolute atomic E-state index is 6.15. The molecule has 2 aromatic rings. The monoisotopic (exact) mass is 270 g/mol. The van der Waals surface area contributed by atoms with Crippen LogP contribution in [0.25, 0.3) is 0 Å². The van der Waals surface area contributed by atoms with Crippen molar-refractivity contribution in [2.75, 3.05) is 0 Å². The maximum Gasteiger partial charge on any atom is 0.184 e. The summed E-state index contributed by atoms with van der Waals surface area (Å²) >= 11 is 12.2. The lowest BCUT2D eigenvalue weighted by Gasteiger charge is -2.08. The van der Waals surface area contributed by atoms with Gasteiger partial charge in [-0.15, -0.1) is 0 Å². The molecular weight excluding hydrogens is 259 g/mol. The molecule has 0 bridgehead atoms. The van der Waals surface area contributed by atoms with Gasteiger partial charge in [0.1, 0.15) is 5.75 Å². The highest BCUT2D eigenvalue weighted by atomic mass is 35.5. The van der Waals surface area contributed by atoms with Crippen molar-refractivity contribution in [3.8, 4) is 11.5 Å². The Bertz CT molecular complexity index is 523. The third-order valence-corrected chi connectivity index (χ3v) is 2.92. The van der Waals surface area contributed by atoms with Gasteiger partial charge in [-0.05, 0) is 26.0 Å². The number of nitrogens with zero attached hydrogens (tertiary/aromatic N) is 2. The Morgan fingerprint density at radius 3 is 2.47 bits per heavy atom. The minimum Gasteiger partial charge on any atom is -0.451 e. The fourth-order valence-corrected chi connectivity index (χ4v) is 1.91. The molecule has 0 unspecified atom stereocenters. The van der Waals surface area contributed by atoms with Gasteiger partial charge in [-0.2, -0.15) is 5.10 Å². The van der Waals surface area contributed by atoms with Crippen molar-refractivity contribution < 1.29 is 4.74 Å². The van der Waals surface area contributed by atoms with E-state index in [1.54, 1.807) is 23.0 Å². The van der Waals surface area contributed by atoms with Crippen molar-refractivity contribution in [3.05, 3.63) is 40.6 Å². The minimum absolute atomic E-state index is 0.186. The fraction of sp³-hybridized carbons (Fsp3) is 0.250. The molecule has 0 spiro atoms. The van der Waals surface area contributed by atoms with E-state index in [-0.39, 0.29) is 6.04 Å². The number of hydrogen-bond acceptors (Lipinski definition) is 2. The molecule has 0 aliphatic heterocycles. The molecule has 0 N–H and O–H groups in total. The zero-order valence-electron chi connectivity index (χ0n) is 9.52. The zero-order valence-corrected chi connectivity index (χ0v) is 11.0. The summed E-state index contributed by atoms with van der Waals surface area (Å²) in [6.45, 7) is 4.00. The third-order valence-electron chi connectivity index (χ3n) is 2.25. The zero-order chi connectivity index (χ0) is 12.4. The summed E-state index contributed by atoms with van der Waals surface area (Å²) in [5, 5.41) is 5.17. The fourth-order valence-electron chi connectivity index (χ4n) is 1.41. The van der Waals surface area contributed by atoms with Crippen LogP contribution in [0, 0.1) is 0 Å². The van der Waals surface area contributed by atoms with E-state index >= 15 is 0 Å². The van der Waals surface area contributed by atoms with Gasteiger partial charge in [-0.1, -0.05) is 35.3 Å². The lowest BCUT2D eigenvalue weighted by molar-refractivity contribution is 0.478. The number of para-hydroxylation sites is 1. The van der Waals surface area contributed by atoms with Crippen molar-refractivity contribution in [1.82, 2.24) is 9.78 Å². The Balaban J connectivity index is 2.28. The first kappa shape index (κ1) is 12.3. The molecule has 0 aliphatic carbocycles. The van der Waals surface area contributed by atoms with Crippen molar-refractivity contribution in [3.63, 3.8) is 0 Å². The van der Waals surface area contributed by atoms with Crippen molar-refractivity contribution in [2.24, 2.45) is 0 Å². The lowest BCUT2D eigenvalue weighted by atomic mass is 10.3. The Hall–Kier alpha value is -1.19. The van der Waals surface area contributed by atoms with Gasteiger partial charge in [0, 0.05) is 6.04 Å². The first-order chi connectivity index (χ1) is 8.09. The number of ether oxygens (including phenoxy) is 1. The molecular formula is C12H12Cl2N2O. The highest BCUT2D eigenvalue weighted by Gasteiger charge is 2.13. The Morgan fingerprint density at radius 2 is 1.88 bits per heavy atom. The van der Waals surface area contributed by atoms with Crippen LogP contribution >= 0.6 is 23.2 Å². The molecule has 0 fully saturated rings. The SMILES string of the molecule is CC(C)n1ncc(Oc2ccccc2Cl)c1Cl. The van der Waals surface area contributed by atoms with E-state index in [4.69, 9.17) is 27.9 Å². The third kappa shape index (κ3) is 2.56. The average Bonchev–Trinajstić information content (AvgIpc) is 2.64. The molecule has 5 heteroatoms. The van der Waals surface area contributed by atoms with E-state index in [1.807, 2.05) is 26.0 Å². The van der Waals surface area contributed by atoms with E-state index in [0.717, 1.165) is 0 Å². The summed E-state index contributed by atoms with van der Waals surface area (Å²) in [6, 6.07) is 7.42. The van der Waals surface area contributed by atoms with Crippen LogP contribution in [-0.4, -0.2) is 9.78 Å². The van der Waals surface area contributed by atoms with Crippen LogP contribution in [0.5, 0.6) is 11.5 Å². The maximum atomic E-state index is 6.15. The van der Waals surface area contributed by atoms with E-state index in [1.165, 1.54) is 0 Å². The van der Waals surface area contributed by atoms with Crippen LogP contribution in [0.1, 0.15) is 19.9 Å². The summed E-state index contributed by atoms with van der Waals surface area (Å²) in [5.41, 5.74) is 0. The Kier molecular flexibility index (Phi) is 3.60. The molecule has 1 aromatic heterocycles. The van der Waals surface area contributed by atoms with E-state index < -0.39 is 0 Å². The number of benzene rings is 1. The summed E-state index contributed by atoms with van der Waals surface area (Å²) in [5.74, 6) is 1.08. The summed E-state index contributed by atoms with van der Waals surface area (Å²) in [4.78, 5) is 0. The number of hydrogen-bond donors (Lipinski definition) is 0. The largest absolute Gasteiger partial charge is 0.451 e. The molecule has 0 radical (unpaired) electrons. The van der Waals surface area contributed by atoms with Crippen LogP contribution in [0.15, 0.2) is 30.5 Å². The van der Waals surface area contributed by atoms with Crippen LogP contribution in [-0.2, 0) is 0 Å². The Labute approximate surface area is 110 Å². The first-order valence-electron chi connectivity index (χ1n) is 5.25. The molecule has 3 nitrogen and oxygen atoms in total. The molecule has 0 amide bonds. The van der Waals surface area contributed by atoms with E-state index in [0.29, 0.717) is 21.7 Å². The molecule has 1 aromatic carbocycles. The number of aromatic nitrogens is 2. The average molecular weight is 271 g/mol. The second kappa shape index (κ2) is 4.98. The number of halogens is 2. The molecule has 0 saturated carbocycles. The van der Waals surface area contributed by atoms with Crippen LogP contribution in [0.4, 0.5) is 0 Å². The smallest absolute Gasteiger partial charge is 0.184 e. The second-order valence-electron chi connectivity index (χ2n) is 3.87. The minimum atomic E-state index is 0.186. The predicted octanol–water partition coefficient (Wildman–Crippen LogP) is 4.56. The first-order valence-corrected chi connectivity index (χ1v) is 6.00. The van der Waals surface area contributed by atoms with Crippen molar-refractivity contribution in [2.45, 2.75) is 19.9 Å². The predicted molar refractivity (Wildman–Crippen MR) is 69.1 cm³/mol. The second-order valence-corrected chi connectivity index (χ2v) is 4.64. The van der Waals surface area contributed by atoms with Crippen molar-refractivity contribution in [1.29, 1.82) is 0 Å². The summed E-state index contributed by atoms with van der Waals surface area (Å²) in [7, 11) is 0. The van der Waals surface area contributed by atoms with E-state index in [2.05, 4.69) is 5.10 Å². The Morgan fingerprint density at radius 1 is 1.18 bits per heavy atom. The molecule has 2 rings (SSSR count). The summed E-state index contributed by atoms with van der Waals surface area (Å²) in [6.07, 6.45) is 1.59. The normalized spacial score (nSPS) is 10.9. The van der Waals surface area contributed by atoms with Gasteiger partial charge in [0.2, 0.25) is 0 Å². The van der Waals surface area contributed by atoms with Gasteiger partial charge in [0.25, 0.3) is 0 Å². The summed E-state index contributed by atoms with van der Waals surface area (Å²) < 4.78 is 7.31. The van der Waals surface area contributed by atoms with Gasteiger partial charge >= 0.3 is 0 Å². The van der Waals surface area contributed by atoms with Crippen LogP contribution in [0.2, 0.25) is 10.2 Å². The lowest BCUT2D eigenvalue weighted by Crippen LogP contribution is -2.02. The van der Waals surface area contributed by atoms with Crippen LogP contribution in [0.3, 0.4) is 0 Å². The van der Waals surface area contributed by atoms with Crippen LogP contribution < -0.4 is 4.74 Å². The van der Waals surface area contributed by atoms with E-state index in [9.17, 15) is 0 Å². The highest BCUT2D eigenvalue weighted by molar-refractivity contribution is 6.32. The molecule has 0 saturated heterocycles.